The summed E-state index contributed by atoms with van der Waals surface area (Å²) in [5.41, 5.74) is 1.95. The quantitative estimate of drug-likeness (QED) is 0.847. The fraction of sp³-hybridized carbons (Fsp3) is 0.421. The highest BCUT2D eigenvalue weighted by atomic mass is 16.3. The Morgan fingerprint density at radius 1 is 1.36 bits per heavy atom. The van der Waals surface area contributed by atoms with Gasteiger partial charge in [0.1, 0.15) is 12.1 Å². The maximum Gasteiger partial charge on any atom is 0.132 e. The number of aliphatic hydroxyl groups excluding tert-OH is 1. The summed E-state index contributed by atoms with van der Waals surface area (Å²) >= 11 is 0. The van der Waals surface area contributed by atoms with E-state index in [4.69, 9.17) is 0 Å². The van der Waals surface area contributed by atoms with E-state index in [2.05, 4.69) is 29.8 Å². The molecule has 1 unspecified atom stereocenters. The van der Waals surface area contributed by atoms with Crippen LogP contribution in [0, 0.1) is 11.8 Å². The summed E-state index contributed by atoms with van der Waals surface area (Å²) < 4.78 is 0. The van der Waals surface area contributed by atoms with Gasteiger partial charge in [-0.3, -0.25) is 4.98 Å². The maximum atomic E-state index is 10.9. The van der Waals surface area contributed by atoms with Crippen molar-refractivity contribution in [3.8, 4) is 0 Å². The Bertz CT molecular complexity index is 699. The average molecular weight is 295 g/mol. The monoisotopic (exact) mass is 295 g/mol. The molecule has 4 heterocycles. The summed E-state index contributed by atoms with van der Waals surface area (Å²) in [4.78, 5) is 6.04. The van der Waals surface area contributed by atoms with Crippen LogP contribution in [0.3, 0.4) is 0 Å². The van der Waals surface area contributed by atoms with Crippen molar-refractivity contribution in [1.82, 2.24) is 4.98 Å². The van der Waals surface area contributed by atoms with Gasteiger partial charge in [-0.1, -0.05) is 24.3 Å². The summed E-state index contributed by atoms with van der Waals surface area (Å²) in [6.45, 7) is 6.28. The highest BCUT2D eigenvalue weighted by Crippen LogP contribution is 2.32. The molecule has 0 radical (unpaired) electrons. The van der Waals surface area contributed by atoms with Gasteiger partial charge in [-0.15, -0.1) is 6.58 Å². The lowest BCUT2D eigenvalue weighted by Gasteiger charge is -2.47. The van der Waals surface area contributed by atoms with Crippen LogP contribution in [0.15, 0.2) is 49.2 Å². The summed E-state index contributed by atoms with van der Waals surface area (Å²) in [5, 5.41) is 12.0. The van der Waals surface area contributed by atoms with E-state index in [1.165, 1.54) is 17.9 Å². The summed E-state index contributed by atoms with van der Waals surface area (Å²) in [5.74, 6) is 1.32. The molecule has 0 spiro atoms. The molecule has 3 fully saturated rings. The first-order chi connectivity index (χ1) is 10.8. The third-order valence-corrected chi connectivity index (χ3v) is 5.66. The van der Waals surface area contributed by atoms with Crippen molar-refractivity contribution in [2.45, 2.75) is 25.0 Å². The van der Waals surface area contributed by atoms with Crippen LogP contribution in [0.25, 0.3) is 10.9 Å². The number of piperidine rings is 3. The minimum absolute atomic E-state index is 0.304. The number of fused-ring (bicyclic) bond motifs is 4. The second-order valence-electron chi connectivity index (χ2n) is 6.81. The van der Waals surface area contributed by atoms with Gasteiger partial charge in [-0.25, -0.2) is 0 Å². The van der Waals surface area contributed by atoms with E-state index in [0.29, 0.717) is 17.9 Å². The Labute approximate surface area is 131 Å². The average Bonchev–Trinajstić information content (AvgIpc) is 2.60. The minimum Gasteiger partial charge on any atom is -0.382 e. The SMILES string of the molecule is C=C[C@H]1C[NH+]2CC[C@@H]1C[C@H]2[C@H](O)c1cnc2ccccc2c1. The molecule has 3 aliphatic heterocycles. The highest BCUT2D eigenvalue weighted by Gasteiger charge is 2.45. The van der Waals surface area contributed by atoms with E-state index >= 15 is 0 Å². The summed E-state index contributed by atoms with van der Waals surface area (Å²) in [6.07, 6.45) is 5.91. The topological polar surface area (TPSA) is 37.6 Å². The number of aliphatic hydroxyl groups is 1. The molecule has 5 atom stereocenters. The Balaban J connectivity index is 1.61. The molecule has 2 bridgehead atoms. The number of para-hydroxylation sites is 1. The lowest BCUT2D eigenvalue weighted by Crippen LogP contribution is -3.20. The van der Waals surface area contributed by atoms with Gasteiger partial charge in [0.25, 0.3) is 0 Å². The second-order valence-corrected chi connectivity index (χ2v) is 6.81. The molecule has 0 aliphatic carbocycles. The van der Waals surface area contributed by atoms with Crippen molar-refractivity contribution in [3.63, 3.8) is 0 Å². The van der Waals surface area contributed by atoms with Gasteiger partial charge in [-0.2, -0.15) is 0 Å². The van der Waals surface area contributed by atoms with Crippen LogP contribution in [0.1, 0.15) is 24.5 Å². The Morgan fingerprint density at radius 3 is 3.00 bits per heavy atom. The van der Waals surface area contributed by atoms with Crippen molar-refractivity contribution in [2.75, 3.05) is 13.1 Å². The first-order valence-electron chi connectivity index (χ1n) is 8.26. The lowest BCUT2D eigenvalue weighted by atomic mass is 9.74. The van der Waals surface area contributed by atoms with E-state index in [1.807, 2.05) is 24.4 Å². The Hall–Kier alpha value is -1.71. The molecule has 2 N–H and O–H groups in total. The number of nitrogens with one attached hydrogen (secondary N) is 1. The van der Waals surface area contributed by atoms with Crippen LogP contribution in [0.4, 0.5) is 0 Å². The van der Waals surface area contributed by atoms with Gasteiger partial charge in [0.05, 0.1) is 18.6 Å². The molecule has 114 valence electrons. The largest absolute Gasteiger partial charge is 0.382 e. The van der Waals surface area contributed by atoms with Crippen molar-refractivity contribution in [3.05, 3.63) is 54.7 Å². The molecule has 0 amide bonds. The molecule has 5 rings (SSSR count). The highest BCUT2D eigenvalue weighted by molar-refractivity contribution is 5.78. The smallest absolute Gasteiger partial charge is 0.132 e. The van der Waals surface area contributed by atoms with E-state index in [9.17, 15) is 5.11 Å². The Kier molecular flexibility index (Phi) is 3.47. The zero-order chi connectivity index (χ0) is 15.1. The second kappa shape index (κ2) is 5.49. The normalized spacial score (nSPS) is 32.0. The van der Waals surface area contributed by atoms with Crippen molar-refractivity contribution < 1.29 is 10.0 Å². The molecule has 1 aromatic heterocycles. The number of hydrogen-bond donors (Lipinski definition) is 2. The standard InChI is InChI=1S/C19H22N2O/c1-2-13-12-21-8-7-14(13)10-18(21)19(22)16-9-15-5-3-4-6-17(15)20-11-16/h2-6,9,11,13-14,18-19,22H,1,7-8,10,12H2/p+1/t13-,14+,18-,19+/m0/s1. The predicted molar refractivity (Wildman–Crippen MR) is 87.6 cm³/mol. The summed E-state index contributed by atoms with van der Waals surface area (Å²) in [7, 11) is 0. The van der Waals surface area contributed by atoms with Crippen LogP contribution in [-0.4, -0.2) is 29.2 Å². The number of nitrogens with zero attached hydrogens (tertiary/aromatic N) is 1. The first kappa shape index (κ1) is 13.9. The number of pyridine rings is 1. The number of quaternary nitrogens is 1. The van der Waals surface area contributed by atoms with E-state index in [0.717, 1.165) is 29.4 Å². The van der Waals surface area contributed by atoms with Crippen LogP contribution in [-0.2, 0) is 0 Å². The van der Waals surface area contributed by atoms with Gasteiger partial charge in [-0.05, 0) is 18.1 Å². The molecule has 3 saturated heterocycles. The van der Waals surface area contributed by atoms with E-state index in [1.54, 1.807) is 0 Å². The molecule has 22 heavy (non-hydrogen) atoms. The number of rotatable bonds is 3. The number of aromatic nitrogens is 1. The molecule has 3 heteroatoms. The molecule has 0 saturated carbocycles. The molecule has 2 aromatic rings. The number of hydrogen-bond acceptors (Lipinski definition) is 2. The van der Waals surface area contributed by atoms with Gasteiger partial charge in [0.2, 0.25) is 0 Å². The molecular weight excluding hydrogens is 272 g/mol. The van der Waals surface area contributed by atoms with Crippen LogP contribution in [0.2, 0.25) is 0 Å². The van der Waals surface area contributed by atoms with Crippen LogP contribution >= 0.6 is 0 Å². The van der Waals surface area contributed by atoms with Crippen molar-refractivity contribution in [2.24, 2.45) is 11.8 Å². The molecule has 3 aliphatic rings. The molecular formula is C19H23N2O+. The van der Waals surface area contributed by atoms with Gasteiger partial charge in [0, 0.05) is 35.9 Å². The molecule has 1 aromatic carbocycles. The fourth-order valence-electron chi connectivity index (χ4n) is 4.39. The van der Waals surface area contributed by atoms with Gasteiger partial charge in [0.15, 0.2) is 0 Å². The van der Waals surface area contributed by atoms with E-state index < -0.39 is 6.10 Å². The third-order valence-electron chi connectivity index (χ3n) is 5.66. The van der Waals surface area contributed by atoms with Crippen molar-refractivity contribution in [1.29, 1.82) is 0 Å². The van der Waals surface area contributed by atoms with Crippen molar-refractivity contribution >= 4 is 10.9 Å². The zero-order valence-electron chi connectivity index (χ0n) is 12.8. The first-order valence-corrected chi connectivity index (χ1v) is 8.26. The zero-order valence-corrected chi connectivity index (χ0v) is 12.8. The van der Waals surface area contributed by atoms with Gasteiger partial charge < -0.3 is 10.0 Å². The summed E-state index contributed by atoms with van der Waals surface area (Å²) in [6, 6.07) is 10.5. The van der Waals surface area contributed by atoms with E-state index in [-0.39, 0.29) is 0 Å². The fourth-order valence-corrected chi connectivity index (χ4v) is 4.39. The maximum absolute atomic E-state index is 10.9. The third kappa shape index (κ3) is 2.25. The Morgan fingerprint density at radius 2 is 2.23 bits per heavy atom. The van der Waals surface area contributed by atoms with Crippen LogP contribution in [0.5, 0.6) is 0 Å². The lowest BCUT2D eigenvalue weighted by molar-refractivity contribution is -0.949. The molecule has 3 nitrogen and oxygen atoms in total. The van der Waals surface area contributed by atoms with Crippen LogP contribution < -0.4 is 4.90 Å². The predicted octanol–water partition coefficient (Wildman–Crippen LogP) is 1.75. The minimum atomic E-state index is -0.416. The van der Waals surface area contributed by atoms with Gasteiger partial charge >= 0.3 is 0 Å². The number of benzene rings is 1.